The average molecular weight is 421 g/mol. The Morgan fingerprint density at radius 2 is 1.80 bits per heavy atom. The molecule has 5 nitrogen and oxygen atoms in total. The molecule has 5 rings (SSSR count). The fourth-order valence-corrected chi connectivity index (χ4v) is 4.32. The van der Waals surface area contributed by atoms with Crippen LogP contribution in [0.25, 0.3) is 33.1 Å². The van der Waals surface area contributed by atoms with E-state index in [1.807, 2.05) is 34.9 Å². The fourth-order valence-electron chi connectivity index (χ4n) is 4.32. The second kappa shape index (κ2) is 8.56. The molecule has 0 radical (unpaired) electrons. The molecule has 1 aliphatic rings. The molecule has 0 unspecified atom stereocenters. The van der Waals surface area contributed by atoms with Gasteiger partial charge in [0.1, 0.15) is 0 Å². The average Bonchev–Trinajstić information content (AvgIpc) is 3.12. The van der Waals surface area contributed by atoms with Crippen LogP contribution in [0.5, 0.6) is 0 Å². The topological polar surface area (TPSA) is 72.9 Å². The quantitative estimate of drug-likeness (QED) is 0.409. The number of hydrogen-bond acceptors (Lipinski definition) is 4. The highest BCUT2D eigenvalue weighted by atomic mass is 35.5. The Labute approximate surface area is 181 Å². The number of nitrogens with zero attached hydrogens (tertiary/aromatic N) is 2. The smallest absolute Gasteiger partial charge is 0.259 e. The van der Waals surface area contributed by atoms with Gasteiger partial charge in [-0.2, -0.15) is 0 Å². The Hall–Kier alpha value is -2.73. The first-order valence-electron chi connectivity index (χ1n) is 10.2. The highest BCUT2D eigenvalue weighted by molar-refractivity contribution is 5.91. The summed E-state index contributed by atoms with van der Waals surface area (Å²) in [4.78, 5) is 18.1. The number of halogens is 1. The number of fused-ring (bicyclic) bond motifs is 5. The molecule has 0 amide bonds. The lowest BCUT2D eigenvalue weighted by Crippen LogP contribution is -2.20. The van der Waals surface area contributed by atoms with Gasteiger partial charge in [-0.25, -0.2) is 4.98 Å². The van der Waals surface area contributed by atoms with E-state index in [2.05, 4.69) is 29.6 Å². The summed E-state index contributed by atoms with van der Waals surface area (Å²) in [6, 6.07) is 18.1. The zero-order valence-electron chi connectivity index (χ0n) is 16.7. The normalized spacial score (nSPS) is 12.0. The first kappa shape index (κ1) is 20.5. The van der Waals surface area contributed by atoms with E-state index in [9.17, 15) is 4.79 Å². The third kappa shape index (κ3) is 3.39. The molecule has 1 aliphatic heterocycles. The first-order valence-corrected chi connectivity index (χ1v) is 10.2. The molecule has 0 saturated carbocycles. The summed E-state index contributed by atoms with van der Waals surface area (Å²) in [5.74, 6) is 0. The van der Waals surface area contributed by atoms with Crippen molar-refractivity contribution in [2.24, 2.45) is 5.73 Å². The highest BCUT2D eigenvalue weighted by Gasteiger charge is 2.26. The van der Waals surface area contributed by atoms with E-state index < -0.39 is 0 Å². The van der Waals surface area contributed by atoms with Crippen LogP contribution in [0.2, 0.25) is 0 Å². The molecule has 0 bridgehead atoms. The number of rotatable bonds is 6. The first-order chi connectivity index (χ1) is 14.3. The van der Waals surface area contributed by atoms with E-state index in [1.54, 1.807) is 0 Å². The van der Waals surface area contributed by atoms with Crippen molar-refractivity contribution < 1.29 is 0 Å². The van der Waals surface area contributed by atoms with Crippen molar-refractivity contribution in [3.63, 3.8) is 0 Å². The van der Waals surface area contributed by atoms with Crippen molar-refractivity contribution in [2.75, 3.05) is 13.1 Å². The molecule has 154 valence electrons. The van der Waals surface area contributed by atoms with Gasteiger partial charge in [-0.1, -0.05) is 36.4 Å². The molecule has 0 aliphatic carbocycles. The maximum atomic E-state index is 13.1. The Kier molecular flexibility index (Phi) is 5.86. The van der Waals surface area contributed by atoms with E-state index in [1.165, 1.54) is 5.56 Å². The Morgan fingerprint density at radius 1 is 1.03 bits per heavy atom. The number of nitrogens with one attached hydrogen (secondary N) is 1. The standard InChI is InChI=1S/C24H24N4O.ClH/c25-11-5-6-12-26-14-19-18-9-3-4-10-21(18)27-23-20(19)15-28-22(23)13-16-7-1-2-8-17(16)24(28)29;/h1-4,7-10,13,26H,5-6,11-12,14-15,25H2;1H. The number of pyridine rings is 2. The zero-order valence-corrected chi connectivity index (χ0v) is 17.5. The van der Waals surface area contributed by atoms with Gasteiger partial charge in [-0.05, 0) is 55.1 Å². The third-order valence-corrected chi connectivity index (χ3v) is 5.80. The van der Waals surface area contributed by atoms with Crippen LogP contribution in [-0.2, 0) is 13.1 Å². The number of nitrogens with two attached hydrogens (primary N) is 1. The highest BCUT2D eigenvalue weighted by Crippen LogP contribution is 2.36. The van der Waals surface area contributed by atoms with Crippen LogP contribution in [0.15, 0.2) is 59.4 Å². The SMILES string of the molecule is Cl.NCCCCNCc1c2c(nc3ccccc13)-c1cc3ccccc3c(=O)n1C2. The summed E-state index contributed by atoms with van der Waals surface area (Å²) in [6.07, 6.45) is 2.09. The minimum absolute atomic E-state index is 0. The molecule has 4 aromatic rings. The van der Waals surface area contributed by atoms with Crippen molar-refractivity contribution in [3.05, 3.63) is 76.1 Å². The molecule has 2 aromatic carbocycles. The summed E-state index contributed by atoms with van der Waals surface area (Å²) in [5, 5.41) is 6.44. The second-order valence-corrected chi connectivity index (χ2v) is 7.62. The fraction of sp³-hybridized carbons (Fsp3) is 0.250. The number of hydrogen-bond donors (Lipinski definition) is 2. The van der Waals surface area contributed by atoms with Crippen LogP contribution < -0.4 is 16.6 Å². The minimum atomic E-state index is 0. The molecular weight excluding hydrogens is 396 g/mol. The molecule has 0 spiro atoms. The predicted molar refractivity (Wildman–Crippen MR) is 125 cm³/mol. The van der Waals surface area contributed by atoms with E-state index in [0.29, 0.717) is 6.54 Å². The second-order valence-electron chi connectivity index (χ2n) is 7.62. The molecule has 30 heavy (non-hydrogen) atoms. The van der Waals surface area contributed by atoms with Crippen molar-refractivity contribution in [1.29, 1.82) is 0 Å². The van der Waals surface area contributed by atoms with Crippen molar-refractivity contribution in [3.8, 4) is 11.4 Å². The molecule has 3 N–H and O–H groups in total. The van der Waals surface area contributed by atoms with Crippen LogP contribution in [0.1, 0.15) is 24.0 Å². The van der Waals surface area contributed by atoms with Crippen molar-refractivity contribution in [2.45, 2.75) is 25.9 Å². The maximum Gasteiger partial charge on any atom is 0.259 e. The van der Waals surface area contributed by atoms with Crippen LogP contribution in [0, 0.1) is 0 Å². The summed E-state index contributed by atoms with van der Waals surface area (Å²) in [7, 11) is 0. The molecule has 6 heteroatoms. The molecule has 0 saturated heterocycles. The molecule has 0 atom stereocenters. The van der Waals surface area contributed by atoms with Gasteiger partial charge in [-0.15, -0.1) is 12.4 Å². The summed E-state index contributed by atoms with van der Waals surface area (Å²) in [5.41, 5.74) is 10.9. The minimum Gasteiger partial charge on any atom is -0.330 e. The van der Waals surface area contributed by atoms with Gasteiger partial charge in [0, 0.05) is 22.9 Å². The van der Waals surface area contributed by atoms with Crippen molar-refractivity contribution in [1.82, 2.24) is 14.9 Å². The molecule has 3 heterocycles. The van der Waals surface area contributed by atoms with E-state index >= 15 is 0 Å². The predicted octanol–water partition coefficient (Wildman–Crippen LogP) is 3.83. The van der Waals surface area contributed by atoms with Gasteiger partial charge in [0.2, 0.25) is 0 Å². The lowest BCUT2D eigenvalue weighted by Gasteiger charge is -2.13. The Balaban J connectivity index is 0.00000218. The Morgan fingerprint density at radius 3 is 2.63 bits per heavy atom. The number of aromatic nitrogens is 2. The third-order valence-electron chi connectivity index (χ3n) is 5.80. The van der Waals surface area contributed by atoms with E-state index in [4.69, 9.17) is 10.7 Å². The molecule has 0 fully saturated rings. The largest absolute Gasteiger partial charge is 0.330 e. The van der Waals surface area contributed by atoms with Gasteiger partial charge in [0.15, 0.2) is 0 Å². The van der Waals surface area contributed by atoms with Crippen LogP contribution in [0.3, 0.4) is 0 Å². The molecular formula is C24H25ClN4O. The van der Waals surface area contributed by atoms with Crippen LogP contribution >= 0.6 is 12.4 Å². The zero-order chi connectivity index (χ0) is 19.8. The maximum absolute atomic E-state index is 13.1. The van der Waals surface area contributed by atoms with Gasteiger partial charge in [-0.3, -0.25) is 4.79 Å². The molecule has 2 aromatic heterocycles. The van der Waals surface area contributed by atoms with Gasteiger partial charge >= 0.3 is 0 Å². The van der Waals surface area contributed by atoms with Gasteiger partial charge in [0.05, 0.1) is 23.4 Å². The Bertz CT molecular complexity index is 1280. The number of unbranched alkanes of at least 4 members (excludes halogenated alkanes) is 1. The lowest BCUT2D eigenvalue weighted by molar-refractivity contribution is 0.626. The summed E-state index contributed by atoms with van der Waals surface area (Å²) < 4.78 is 1.87. The van der Waals surface area contributed by atoms with Gasteiger partial charge in [0.25, 0.3) is 5.56 Å². The summed E-state index contributed by atoms with van der Waals surface area (Å²) >= 11 is 0. The number of benzene rings is 2. The van der Waals surface area contributed by atoms with Crippen LogP contribution in [0.4, 0.5) is 0 Å². The van der Waals surface area contributed by atoms with Crippen molar-refractivity contribution >= 4 is 34.1 Å². The monoisotopic (exact) mass is 420 g/mol. The summed E-state index contributed by atoms with van der Waals surface area (Å²) in [6.45, 7) is 2.99. The van der Waals surface area contributed by atoms with E-state index in [0.717, 1.165) is 71.1 Å². The number of para-hydroxylation sites is 1. The lowest BCUT2D eigenvalue weighted by atomic mass is 10.00. The van der Waals surface area contributed by atoms with Crippen LogP contribution in [-0.4, -0.2) is 22.6 Å². The van der Waals surface area contributed by atoms with Gasteiger partial charge < -0.3 is 15.6 Å². The van der Waals surface area contributed by atoms with E-state index in [-0.39, 0.29) is 18.0 Å².